The number of methoxy groups -OCH3 is 1. The molecule has 0 fully saturated rings. The fraction of sp³-hybridized carbons (Fsp3) is 0.583. The van der Waals surface area contributed by atoms with E-state index in [4.69, 9.17) is 15.3 Å². The lowest BCUT2D eigenvalue weighted by molar-refractivity contribution is 0.0613. The second-order valence-corrected chi connectivity index (χ2v) is 4.16. The summed E-state index contributed by atoms with van der Waals surface area (Å²) in [5, 5.41) is 0. The van der Waals surface area contributed by atoms with Crippen molar-refractivity contribution in [1.29, 1.82) is 0 Å². The van der Waals surface area contributed by atoms with Gasteiger partial charge in [0.1, 0.15) is 0 Å². The molecule has 1 heterocycles. The highest BCUT2D eigenvalue weighted by Gasteiger charge is 2.09. The molecule has 1 unspecified atom stereocenters. The summed E-state index contributed by atoms with van der Waals surface area (Å²) in [5.41, 5.74) is 3.85. The zero-order valence-corrected chi connectivity index (χ0v) is 10.6. The first-order valence-electron chi connectivity index (χ1n) is 5.72. The fourth-order valence-electron chi connectivity index (χ4n) is 1.41. The first-order valence-corrected chi connectivity index (χ1v) is 5.72. The van der Waals surface area contributed by atoms with E-state index in [1.807, 2.05) is 26.0 Å². The number of nitrogens with zero attached hydrogens (tertiary/aromatic N) is 1. The number of ether oxygens (including phenoxy) is 2. The third-order valence-corrected chi connectivity index (χ3v) is 2.36. The Morgan fingerprint density at radius 3 is 2.65 bits per heavy atom. The molecule has 0 aliphatic carbocycles. The van der Waals surface area contributed by atoms with Crippen LogP contribution in [0.25, 0.3) is 0 Å². The van der Waals surface area contributed by atoms with Crippen LogP contribution in [-0.4, -0.2) is 30.8 Å². The molecule has 96 valence electrons. The van der Waals surface area contributed by atoms with Gasteiger partial charge in [0.2, 0.25) is 5.88 Å². The molecule has 1 atom stereocenters. The second kappa shape index (κ2) is 7.21. The average Bonchev–Trinajstić information content (AvgIpc) is 2.35. The van der Waals surface area contributed by atoms with Gasteiger partial charge in [0, 0.05) is 18.3 Å². The van der Waals surface area contributed by atoms with Crippen LogP contribution in [0.5, 0.6) is 5.88 Å². The van der Waals surface area contributed by atoms with E-state index in [1.54, 1.807) is 13.3 Å². The normalized spacial score (nSPS) is 12.8. The number of nitrogens with one attached hydrogen (secondary N) is 1. The molecule has 1 aromatic heterocycles. The minimum absolute atomic E-state index is 0.0904. The van der Waals surface area contributed by atoms with Crippen LogP contribution in [0.1, 0.15) is 19.4 Å². The van der Waals surface area contributed by atoms with Crippen LogP contribution in [-0.2, 0) is 11.2 Å². The van der Waals surface area contributed by atoms with E-state index in [0.29, 0.717) is 12.5 Å². The Labute approximate surface area is 102 Å². The summed E-state index contributed by atoms with van der Waals surface area (Å²) < 4.78 is 10.5. The lowest BCUT2D eigenvalue weighted by Gasteiger charge is -2.17. The van der Waals surface area contributed by atoms with Crippen molar-refractivity contribution in [2.75, 3.05) is 13.7 Å². The first-order chi connectivity index (χ1) is 8.15. The van der Waals surface area contributed by atoms with Crippen molar-refractivity contribution in [2.45, 2.75) is 32.4 Å². The molecule has 0 amide bonds. The van der Waals surface area contributed by atoms with Gasteiger partial charge in [-0.1, -0.05) is 6.07 Å². The Morgan fingerprint density at radius 2 is 2.18 bits per heavy atom. The van der Waals surface area contributed by atoms with Crippen LogP contribution in [0.3, 0.4) is 0 Å². The Balaban J connectivity index is 2.48. The largest absolute Gasteiger partial charge is 0.481 e. The molecule has 0 aromatic carbocycles. The smallest absolute Gasteiger partial charge is 0.212 e. The number of rotatable bonds is 7. The fourth-order valence-corrected chi connectivity index (χ4v) is 1.41. The SMILES string of the molecule is COc1ccc(CC(COC(C)C)NN)cn1. The quantitative estimate of drug-likeness (QED) is 0.546. The molecule has 0 radical (unpaired) electrons. The third kappa shape index (κ3) is 5.12. The van der Waals surface area contributed by atoms with Gasteiger partial charge in [-0.3, -0.25) is 11.3 Å². The Hall–Kier alpha value is -1.17. The maximum absolute atomic E-state index is 5.52. The standard InChI is InChI=1S/C12H21N3O2/c1-9(2)17-8-11(15-13)6-10-4-5-12(16-3)14-7-10/h4-5,7,9,11,15H,6,8,13H2,1-3H3. The van der Waals surface area contributed by atoms with Gasteiger partial charge in [-0.2, -0.15) is 0 Å². The van der Waals surface area contributed by atoms with Gasteiger partial charge in [0.15, 0.2) is 0 Å². The third-order valence-electron chi connectivity index (χ3n) is 2.36. The van der Waals surface area contributed by atoms with Gasteiger partial charge in [0.05, 0.1) is 19.8 Å². The van der Waals surface area contributed by atoms with E-state index in [1.165, 1.54) is 0 Å². The van der Waals surface area contributed by atoms with Gasteiger partial charge < -0.3 is 9.47 Å². The summed E-state index contributed by atoms with van der Waals surface area (Å²) in [6.45, 7) is 4.59. The first kappa shape index (κ1) is 13.9. The van der Waals surface area contributed by atoms with Crippen molar-refractivity contribution in [3.63, 3.8) is 0 Å². The number of nitrogens with two attached hydrogens (primary N) is 1. The number of aromatic nitrogens is 1. The van der Waals surface area contributed by atoms with Gasteiger partial charge in [-0.15, -0.1) is 0 Å². The molecule has 0 saturated carbocycles. The van der Waals surface area contributed by atoms with Crippen molar-refractivity contribution in [3.05, 3.63) is 23.9 Å². The Bertz CT molecular complexity index is 314. The van der Waals surface area contributed by atoms with Gasteiger partial charge >= 0.3 is 0 Å². The summed E-state index contributed by atoms with van der Waals surface area (Å²) in [5.74, 6) is 6.10. The molecular formula is C12H21N3O2. The molecule has 17 heavy (non-hydrogen) atoms. The van der Waals surface area contributed by atoms with Crippen LogP contribution in [0, 0.1) is 0 Å². The predicted molar refractivity (Wildman–Crippen MR) is 66.7 cm³/mol. The lowest BCUT2D eigenvalue weighted by atomic mass is 10.1. The number of hydrogen-bond donors (Lipinski definition) is 2. The lowest BCUT2D eigenvalue weighted by Crippen LogP contribution is -2.40. The zero-order valence-electron chi connectivity index (χ0n) is 10.6. The minimum Gasteiger partial charge on any atom is -0.481 e. The Morgan fingerprint density at radius 1 is 1.41 bits per heavy atom. The van der Waals surface area contributed by atoms with Crippen LogP contribution in [0.4, 0.5) is 0 Å². The van der Waals surface area contributed by atoms with Crippen molar-refractivity contribution < 1.29 is 9.47 Å². The van der Waals surface area contributed by atoms with E-state index >= 15 is 0 Å². The average molecular weight is 239 g/mol. The molecule has 1 aromatic rings. The maximum Gasteiger partial charge on any atom is 0.212 e. The van der Waals surface area contributed by atoms with Crippen molar-refractivity contribution >= 4 is 0 Å². The van der Waals surface area contributed by atoms with E-state index in [9.17, 15) is 0 Å². The van der Waals surface area contributed by atoms with Crippen molar-refractivity contribution in [2.24, 2.45) is 5.84 Å². The summed E-state index contributed by atoms with van der Waals surface area (Å²) in [6, 6.07) is 3.91. The molecule has 0 bridgehead atoms. The highest BCUT2D eigenvalue weighted by molar-refractivity contribution is 5.18. The molecule has 1 rings (SSSR count). The van der Waals surface area contributed by atoms with Crippen LogP contribution < -0.4 is 16.0 Å². The zero-order chi connectivity index (χ0) is 12.7. The molecule has 5 nitrogen and oxygen atoms in total. The van der Waals surface area contributed by atoms with E-state index < -0.39 is 0 Å². The highest BCUT2D eigenvalue weighted by Crippen LogP contribution is 2.08. The van der Waals surface area contributed by atoms with E-state index in [-0.39, 0.29) is 12.1 Å². The summed E-state index contributed by atoms with van der Waals surface area (Å²) in [6.07, 6.45) is 2.78. The summed E-state index contributed by atoms with van der Waals surface area (Å²) in [7, 11) is 1.60. The minimum atomic E-state index is 0.0904. The van der Waals surface area contributed by atoms with Gasteiger partial charge in [-0.05, 0) is 25.8 Å². The number of pyridine rings is 1. The van der Waals surface area contributed by atoms with Gasteiger partial charge in [-0.25, -0.2) is 4.98 Å². The van der Waals surface area contributed by atoms with Crippen LogP contribution in [0.15, 0.2) is 18.3 Å². The number of hydrogen-bond acceptors (Lipinski definition) is 5. The van der Waals surface area contributed by atoms with Crippen LogP contribution >= 0.6 is 0 Å². The van der Waals surface area contributed by atoms with Crippen LogP contribution in [0.2, 0.25) is 0 Å². The molecule has 3 N–H and O–H groups in total. The van der Waals surface area contributed by atoms with Gasteiger partial charge in [0.25, 0.3) is 0 Å². The second-order valence-electron chi connectivity index (χ2n) is 4.16. The topological polar surface area (TPSA) is 69.4 Å². The molecule has 0 saturated heterocycles. The Kier molecular flexibility index (Phi) is 5.90. The van der Waals surface area contributed by atoms with E-state index in [2.05, 4.69) is 10.4 Å². The van der Waals surface area contributed by atoms with E-state index in [0.717, 1.165) is 12.0 Å². The highest BCUT2D eigenvalue weighted by atomic mass is 16.5. The number of hydrazine groups is 1. The van der Waals surface area contributed by atoms with Crippen molar-refractivity contribution in [3.8, 4) is 5.88 Å². The molecule has 5 heteroatoms. The summed E-state index contributed by atoms with van der Waals surface area (Å²) >= 11 is 0. The maximum atomic E-state index is 5.52. The van der Waals surface area contributed by atoms with Crippen molar-refractivity contribution in [1.82, 2.24) is 10.4 Å². The molecule has 0 spiro atoms. The monoisotopic (exact) mass is 239 g/mol. The summed E-state index contributed by atoms with van der Waals surface area (Å²) in [4.78, 5) is 4.15. The molecular weight excluding hydrogens is 218 g/mol. The molecule has 0 aliphatic rings. The predicted octanol–water partition coefficient (Wildman–Crippen LogP) is 0.890. The molecule has 0 aliphatic heterocycles.